The van der Waals surface area contributed by atoms with Gasteiger partial charge >= 0.3 is 0 Å². The Hall–Kier alpha value is -0.110. The Morgan fingerprint density at radius 2 is 1.91 bits per heavy atom. The van der Waals surface area contributed by atoms with Crippen molar-refractivity contribution in [2.45, 2.75) is 40.2 Å². The molecule has 1 radical (unpaired) electrons. The van der Waals surface area contributed by atoms with Crippen molar-refractivity contribution in [1.82, 2.24) is 4.90 Å². The largest absolute Gasteiger partial charge is 0.355 e. The van der Waals surface area contributed by atoms with Crippen LogP contribution in [0.5, 0.6) is 0 Å². The minimum Gasteiger partial charge on any atom is -0.355 e. The van der Waals surface area contributed by atoms with E-state index in [0.717, 1.165) is 6.54 Å². The van der Waals surface area contributed by atoms with Crippen molar-refractivity contribution in [3.05, 3.63) is 0 Å². The van der Waals surface area contributed by atoms with Crippen molar-refractivity contribution in [2.24, 2.45) is 5.92 Å². The summed E-state index contributed by atoms with van der Waals surface area (Å²) in [5.41, 5.74) is 2.93. The van der Waals surface area contributed by atoms with E-state index in [4.69, 9.17) is 12.2 Å². The van der Waals surface area contributed by atoms with Gasteiger partial charge in [-0.1, -0.05) is 26.1 Å². The van der Waals surface area contributed by atoms with Gasteiger partial charge in [-0.2, -0.15) is 0 Å². The molecule has 0 heterocycles. The molecule has 0 saturated carbocycles. The molecule has 0 unspecified atom stereocenters. The number of hydrogen-bond donors (Lipinski definition) is 0. The Bertz CT molecular complexity index is 130. The standard InChI is InChI=1S/C9H18NS/c1-6-10(7-11)9(4,5)8(2)3/h8H,6H2,1-5H3. The van der Waals surface area contributed by atoms with Gasteiger partial charge in [0, 0.05) is 12.1 Å². The van der Waals surface area contributed by atoms with Crippen molar-refractivity contribution in [3.8, 4) is 0 Å². The highest BCUT2D eigenvalue weighted by Gasteiger charge is 2.26. The minimum absolute atomic E-state index is 0.135. The average molecular weight is 172 g/mol. The maximum Gasteiger partial charge on any atom is 0.137 e. The highest BCUT2D eigenvalue weighted by Crippen LogP contribution is 2.22. The summed E-state index contributed by atoms with van der Waals surface area (Å²) in [4.78, 5) is 2.08. The molecule has 0 aliphatic carbocycles. The Morgan fingerprint density at radius 1 is 1.45 bits per heavy atom. The number of nitrogens with zero attached hydrogens (tertiary/aromatic N) is 1. The van der Waals surface area contributed by atoms with Crippen LogP contribution in [0, 0.1) is 5.92 Å². The average Bonchev–Trinajstić information content (AvgIpc) is 1.89. The first-order valence-electron chi connectivity index (χ1n) is 4.12. The number of hydrogen-bond acceptors (Lipinski definition) is 1. The van der Waals surface area contributed by atoms with Crippen LogP contribution in [-0.2, 0) is 0 Å². The first-order valence-corrected chi connectivity index (χ1v) is 4.53. The normalized spacial score (nSPS) is 11.8. The molecule has 0 fully saturated rings. The molecule has 0 aliphatic rings. The van der Waals surface area contributed by atoms with Gasteiger partial charge in [0.1, 0.15) is 5.49 Å². The van der Waals surface area contributed by atoms with Crippen LogP contribution in [-0.4, -0.2) is 22.5 Å². The van der Waals surface area contributed by atoms with Crippen LogP contribution in [0.2, 0.25) is 0 Å². The molecule has 0 rings (SSSR count). The first-order chi connectivity index (χ1) is 4.96. The van der Waals surface area contributed by atoms with Crippen LogP contribution in [0.4, 0.5) is 0 Å². The molecule has 0 spiro atoms. The van der Waals surface area contributed by atoms with Gasteiger partial charge in [0.15, 0.2) is 0 Å². The van der Waals surface area contributed by atoms with E-state index in [1.54, 1.807) is 0 Å². The van der Waals surface area contributed by atoms with Gasteiger partial charge in [0.05, 0.1) is 0 Å². The molecule has 0 aromatic rings. The fraction of sp³-hybridized carbons (Fsp3) is 0.889. The quantitative estimate of drug-likeness (QED) is 0.473. The predicted octanol–water partition coefficient (Wildman–Crippen LogP) is 2.58. The van der Waals surface area contributed by atoms with Gasteiger partial charge in [0.2, 0.25) is 0 Å². The maximum atomic E-state index is 4.82. The van der Waals surface area contributed by atoms with Gasteiger partial charge in [-0.05, 0) is 26.7 Å². The van der Waals surface area contributed by atoms with Gasteiger partial charge in [-0.15, -0.1) is 0 Å². The Labute approximate surface area is 75.8 Å². The molecule has 0 amide bonds. The molecule has 0 aromatic carbocycles. The molecule has 0 atom stereocenters. The van der Waals surface area contributed by atoms with Gasteiger partial charge in [-0.25, -0.2) is 0 Å². The summed E-state index contributed by atoms with van der Waals surface area (Å²) in [6.07, 6.45) is 0. The number of thiocarbonyl (C=S) groups is 1. The summed E-state index contributed by atoms with van der Waals surface area (Å²) in [7, 11) is 0. The highest BCUT2D eigenvalue weighted by atomic mass is 32.1. The van der Waals surface area contributed by atoms with Crippen molar-refractivity contribution >= 4 is 17.7 Å². The van der Waals surface area contributed by atoms with Gasteiger partial charge in [0.25, 0.3) is 0 Å². The molecular weight excluding hydrogens is 154 g/mol. The van der Waals surface area contributed by atoms with Crippen molar-refractivity contribution in [3.63, 3.8) is 0 Å². The summed E-state index contributed by atoms with van der Waals surface area (Å²) in [5, 5.41) is 0. The molecule has 0 bridgehead atoms. The molecular formula is C9H18NS. The van der Waals surface area contributed by atoms with E-state index in [1.807, 2.05) is 0 Å². The fourth-order valence-corrected chi connectivity index (χ4v) is 1.27. The molecule has 0 N–H and O–H groups in total. The summed E-state index contributed by atoms with van der Waals surface area (Å²) in [5.74, 6) is 0.595. The van der Waals surface area contributed by atoms with E-state index in [2.05, 4.69) is 45.0 Å². The lowest BCUT2D eigenvalue weighted by molar-refractivity contribution is 0.168. The zero-order chi connectivity index (χ0) is 9.07. The van der Waals surface area contributed by atoms with E-state index in [-0.39, 0.29) is 5.54 Å². The van der Waals surface area contributed by atoms with Crippen LogP contribution in [0.25, 0.3) is 0 Å². The zero-order valence-corrected chi connectivity index (χ0v) is 8.96. The monoisotopic (exact) mass is 172 g/mol. The van der Waals surface area contributed by atoms with Crippen molar-refractivity contribution in [1.29, 1.82) is 0 Å². The molecule has 1 nitrogen and oxygen atoms in total. The Morgan fingerprint density at radius 3 is 2.00 bits per heavy atom. The number of rotatable bonds is 4. The third kappa shape index (κ3) is 2.44. The molecule has 0 aliphatic heterocycles. The van der Waals surface area contributed by atoms with E-state index in [1.165, 1.54) is 0 Å². The molecule has 65 valence electrons. The van der Waals surface area contributed by atoms with Crippen LogP contribution < -0.4 is 0 Å². The van der Waals surface area contributed by atoms with Crippen LogP contribution in [0.3, 0.4) is 0 Å². The Balaban J connectivity index is 4.36. The summed E-state index contributed by atoms with van der Waals surface area (Å²) in [6, 6.07) is 0. The lowest BCUT2D eigenvalue weighted by Gasteiger charge is -2.39. The lowest BCUT2D eigenvalue weighted by atomic mass is 9.89. The fourth-order valence-electron chi connectivity index (χ4n) is 0.901. The third-order valence-electron chi connectivity index (χ3n) is 2.53. The van der Waals surface area contributed by atoms with E-state index in [9.17, 15) is 0 Å². The van der Waals surface area contributed by atoms with Crippen LogP contribution in [0.1, 0.15) is 34.6 Å². The van der Waals surface area contributed by atoms with E-state index >= 15 is 0 Å². The summed E-state index contributed by atoms with van der Waals surface area (Å²) < 4.78 is 0. The van der Waals surface area contributed by atoms with E-state index < -0.39 is 0 Å². The van der Waals surface area contributed by atoms with Gasteiger partial charge < -0.3 is 4.90 Å². The first kappa shape index (κ1) is 10.9. The second-order valence-corrected chi connectivity index (χ2v) is 3.83. The van der Waals surface area contributed by atoms with Crippen molar-refractivity contribution in [2.75, 3.05) is 6.54 Å². The zero-order valence-electron chi connectivity index (χ0n) is 8.14. The predicted molar refractivity (Wildman–Crippen MR) is 53.9 cm³/mol. The second-order valence-electron chi connectivity index (χ2n) is 3.64. The summed E-state index contributed by atoms with van der Waals surface area (Å²) >= 11 is 4.82. The minimum atomic E-state index is 0.135. The molecule has 0 aromatic heterocycles. The van der Waals surface area contributed by atoms with Crippen LogP contribution in [0.15, 0.2) is 0 Å². The Kier molecular flexibility index (Phi) is 4.01. The van der Waals surface area contributed by atoms with Crippen molar-refractivity contribution < 1.29 is 0 Å². The summed E-state index contributed by atoms with van der Waals surface area (Å²) in [6.45, 7) is 11.8. The maximum absolute atomic E-state index is 4.82. The van der Waals surface area contributed by atoms with Crippen LogP contribution >= 0.6 is 12.2 Å². The van der Waals surface area contributed by atoms with E-state index in [0.29, 0.717) is 5.92 Å². The highest BCUT2D eigenvalue weighted by molar-refractivity contribution is 7.78. The molecule has 11 heavy (non-hydrogen) atoms. The SMILES string of the molecule is CCN([C]=S)C(C)(C)C(C)C. The second kappa shape index (κ2) is 4.05. The molecule has 0 saturated heterocycles. The smallest absolute Gasteiger partial charge is 0.137 e. The molecule has 2 heteroatoms. The van der Waals surface area contributed by atoms with Gasteiger partial charge in [-0.3, -0.25) is 0 Å². The lowest BCUT2D eigenvalue weighted by Crippen LogP contribution is -2.46. The third-order valence-corrected chi connectivity index (χ3v) is 2.76. The topological polar surface area (TPSA) is 3.24 Å².